The van der Waals surface area contributed by atoms with Crippen molar-refractivity contribution in [2.75, 3.05) is 18.4 Å². The lowest BCUT2D eigenvalue weighted by molar-refractivity contribution is 0.176. The monoisotopic (exact) mass is 370 g/mol. The zero-order valence-corrected chi connectivity index (χ0v) is 16.9. The highest BCUT2D eigenvalue weighted by molar-refractivity contribution is 7.99. The van der Waals surface area contributed by atoms with Gasteiger partial charge in [-0.2, -0.15) is 0 Å². The fourth-order valence-corrected chi connectivity index (χ4v) is 4.18. The highest BCUT2D eigenvalue weighted by Crippen LogP contribution is 2.22. The van der Waals surface area contributed by atoms with Crippen molar-refractivity contribution in [1.82, 2.24) is 15.1 Å². The minimum Gasteiger partial charge on any atom is -0.364 e. The topological polar surface area (TPSA) is 41.0 Å². The lowest BCUT2D eigenvalue weighted by Crippen LogP contribution is -2.34. The van der Waals surface area contributed by atoms with Gasteiger partial charge < -0.3 is 5.32 Å². The van der Waals surface area contributed by atoms with Crippen LogP contribution in [0.2, 0.25) is 0 Å². The highest BCUT2D eigenvalue weighted by atomic mass is 32.2. The van der Waals surface area contributed by atoms with Crippen LogP contribution in [0.15, 0.2) is 41.4 Å². The van der Waals surface area contributed by atoms with Crippen molar-refractivity contribution in [2.24, 2.45) is 5.92 Å². The molecule has 0 aliphatic carbocycles. The molecule has 0 spiro atoms. The van der Waals surface area contributed by atoms with Gasteiger partial charge in [-0.3, -0.25) is 4.90 Å². The largest absolute Gasteiger partial charge is 0.364 e. The van der Waals surface area contributed by atoms with Crippen LogP contribution in [0.1, 0.15) is 44.7 Å². The summed E-state index contributed by atoms with van der Waals surface area (Å²) in [5, 5.41) is 13.5. The Morgan fingerprint density at radius 3 is 2.65 bits per heavy atom. The van der Waals surface area contributed by atoms with E-state index in [1.54, 1.807) is 11.8 Å². The number of nitrogens with one attached hydrogen (secondary N) is 1. The molecule has 1 atom stereocenters. The third-order valence-corrected chi connectivity index (χ3v) is 5.64. The number of nitrogens with zero attached hydrogens (tertiary/aromatic N) is 3. The van der Waals surface area contributed by atoms with E-state index in [9.17, 15) is 0 Å². The van der Waals surface area contributed by atoms with Crippen LogP contribution in [0, 0.1) is 5.92 Å². The normalized spacial score (nSPS) is 18.2. The fraction of sp³-hybridized carbons (Fsp3) is 0.524. The first-order valence-corrected chi connectivity index (χ1v) is 10.5. The van der Waals surface area contributed by atoms with Crippen LogP contribution in [0.25, 0.3) is 0 Å². The summed E-state index contributed by atoms with van der Waals surface area (Å²) in [5.41, 5.74) is 2.75. The molecule has 1 aromatic heterocycles. The summed E-state index contributed by atoms with van der Waals surface area (Å²) in [7, 11) is 0. The van der Waals surface area contributed by atoms with Crippen molar-refractivity contribution >= 4 is 17.6 Å². The van der Waals surface area contributed by atoms with Crippen LogP contribution < -0.4 is 5.32 Å². The van der Waals surface area contributed by atoms with Crippen LogP contribution >= 0.6 is 11.8 Å². The van der Waals surface area contributed by atoms with Gasteiger partial charge >= 0.3 is 0 Å². The first-order chi connectivity index (χ1) is 12.6. The smallest absolute Gasteiger partial charge is 0.148 e. The van der Waals surface area contributed by atoms with Gasteiger partial charge in [0.2, 0.25) is 0 Å². The minimum absolute atomic E-state index is 0.521. The maximum Gasteiger partial charge on any atom is 0.148 e. The molecule has 26 heavy (non-hydrogen) atoms. The Morgan fingerprint density at radius 1 is 1.15 bits per heavy atom. The Bertz CT molecular complexity index is 687. The molecule has 0 radical (unpaired) electrons. The van der Waals surface area contributed by atoms with Gasteiger partial charge in [0, 0.05) is 24.9 Å². The maximum atomic E-state index is 4.31. The van der Waals surface area contributed by atoms with Crippen LogP contribution in [-0.4, -0.2) is 33.4 Å². The van der Waals surface area contributed by atoms with Gasteiger partial charge in [0.1, 0.15) is 10.8 Å². The molecule has 0 saturated carbocycles. The fourth-order valence-electron chi connectivity index (χ4n) is 3.46. The van der Waals surface area contributed by atoms with E-state index in [0.717, 1.165) is 29.9 Å². The number of anilines is 1. The molecule has 5 heteroatoms. The SMILES string of the molecule is CC1CCCN(Cc2ccccc2CNc2ccc(SC(C)C)nn2)C1. The molecule has 0 bridgehead atoms. The van der Waals surface area contributed by atoms with Gasteiger partial charge in [-0.1, -0.05) is 45.0 Å². The summed E-state index contributed by atoms with van der Waals surface area (Å²) in [6.45, 7) is 10.9. The summed E-state index contributed by atoms with van der Waals surface area (Å²) >= 11 is 1.74. The molecule has 3 rings (SSSR count). The molecule has 2 heterocycles. The van der Waals surface area contributed by atoms with Crippen molar-refractivity contribution < 1.29 is 0 Å². The predicted molar refractivity (Wildman–Crippen MR) is 110 cm³/mol. The Kier molecular flexibility index (Phi) is 6.92. The zero-order valence-electron chi connectivity index (χ0n) is 16.1. The molecule has 1 aliphatic heterocycles. The van der Waals surface area contributed by atoms with E-state index in [1.165, 1.54) is 37.1 Å². The minimum atomic E-state index is 0.521. The summed E-state index contributed by atoms with van der Waals surface area (Å²) < 4.78 is 0. The predicted octanol–water partition coefficient (Wildman–Crippen LogP) is 4.82. The number of aromatic nitrogens is 2. The molecular formula is C21H30N4S. The second kappa shape index (κ2) is 9.38. The number of benzene rings is 1. The number of rotatable bonds is 7. The number of piperidine rings is 1. The molecule has 1 fully saturated rings. The lowest BCUT2D eigenvalue weighted by atomic mass is 9.99. The van der Waals surface area contributed by atoms with Crippen molar-refractivity contribution in [2.45, 2.75) is 57.0 Å². The zero-order chi connectivity index (χ0) is 18.4. The van der Waals surface area contributed by atoms with Crippen molar-refractivity contribution in [1.29, 1.82) is 0 Å². The number of hydrogen-bond donors (Lipinski definition) is 1. The van der Waals surface area contributed by atoms with Gasteiger partial charge in [-0.05, 0) is 48.6 Å². The molecule has 2 aromatic rings. The number of thioether (sulfide) groups is 1. The summed E-state index contributed by atoms with van der Waals surface area (Å²) in [6, 6.07) is 12.8. The van der Waals surface area contributed by atoms with E-state index in [0.29, 0.717) is 5.25 Å². The Labute approximate surface area is 161 Å². The highest BCUT2D eigenvalue weighted by Gasteiger charge is 2.17. The van der Waals surface area contributed by atoms with Crippen molar-refractivity contribution in [3.05, 3.63) is 47.5 Å². The summed E-state index contributed by atoms with van der Waals surface area (Å²) in [6.07, 6.45) is 2.68. The van der Waals surface area contributed by atoms with Crippen LogP contribution in [0.5, 0.6) is 0 Å². The third kappa shape index (κ3) is 5.71. The van der Waals surface area contributed by atoms with Crippen molar-refractivity contribution in [3.8, 4) is 0 Å². The molecular weight excluding hydrogens is 340 g/mol. The molecule has 4 nitrogen and oxygen atoms in total. The molecule has 140 valence electrons. The number of likely N-dealkylation sites (tertiary alicyclic amines) is 1. The Hall–Kier alpha value is -1.59. The van der Waals surface area contributed by atoms with Gasteiger partial charge in [0.05, 0.1) is 0 Å². The van der Waals surface area contributed by atoms with E-state index in [1.807, 2.05) is 12.1 Å². The van der Waals surface area contributed by atoms with E-state index in [2.05, 4.69) is 65.5 Å². The van der Waals surface area contributed by atoms with Gasteiger partial charge in [-0.25, -0.2) is 0 Å². The van der Waals surface area contributed by atoms with E-state index < -0.39 is 0 Å². The van der Waals surface area contributed by atoms with Crippen LogP contribution in [0.3, 0.4) is 0 Å². The van der Waals surface area contributed by atoms with Crippen LogP contribution in [0.4, 0.5) is 5.82 Å². The molecule has 1 aromatic carbocycles. The Balaban J connectivity index is 1.59. The molecule has 1 unspecified atom stereocenters. The average molecular weight is 371 g/mol. The van der Waals surface area contributed by atoms with Crippen molar-refractivity contribution in [3.63, 3.8) is 0 Å². The Morgan fingerprint density at radius 2 is 1.96 bits per heavy atom. The van der Waals surface area contributed by atoms with E-state index in [4.69, 9.17) is 0 Å². The standard InChI is InChI=1S/C21H30N4S/c1-16(2)26-21-11-10-20(23-24-21)22-13-18-8-4-5-9-19(18)15-25-12-6-7-17(3)14-25/h4-5,8-11,16-17H,6-7,12-15H2,1-3H3,(H,22,23). The molecule has 1 aliphatic rings. The van der Waals surface area contributed by atoms with Crippen LogP contribution in [-0.2, 0) is 13.1 Å². The molecule has 1 saturated heterocycles. The summed E-state index contributed by atoms with van der Waals surface area (Å²) in [5.74, 6) is 1.64. The average Bonchev–Trinajstić information content (AvgIpc) is 2.62. The lowest BCUT2D eigenvalue weighted by Gasteiger charge is -2.31. The van der Waals surface area contributed by atoms with E-state index in [-0.39, 0.29) is 0 Å². The number of hydrogen-bond acceptors (Lipinski definition) is 5. The van der Waals surface area contributed by atoms with Gasteiger partial charge in [0.25, 0.3) is 0 Å². The van der Waals surface area contributed by atoms with Gasteiger partial charge in [-0.15, -0.1) is 22.0 Å². The first-order valence-electron chi connectivity index (χ1n) is 9.63. The molecule has 0 amide bonds. The van der Waals surface area contributed by atoms with Gasteiger partial charge in [0.15, 0.2) is 0 Å². The summed E-state index contributed by atoms with van der Waals surface area (Å²) in [4.78, 5) is 2.59. The molecule has 1 N–H and O–H groups in total. The van der Waals surface area contributed by atoms with E-state index >= 15 is 0 Å². The quantitative estimate of drug-likeness (QED) is 0.708. The second-order valence-corrected chi connectivity index (χ2v) is 9.12. The maximum absolute atomic E-state index is 4.31. The third-order valence-electron chi connectivity index (χ3n) is 4.71. The first kappa shape index (κ1) is 19.2. The second-order valence-electron chi connectivity index (χ2n) is 7.53.